The van der Waals surface area contributed by atoms with Crippen molar-refractivity contribution in [3.05, 3.63) is 61.9 Å². The summed E-state index contributed by atoms with van der Waals surface area (Å²) in [6, 6.07) is 8.54. The van der Waals surface area contributed by atoms with Gasteiger partial charge in [0.1, 0.15) is 11.5 Å². The number of fused-ring (bicyclic) bond motifs is 1. The molecule has 0 radical (unpaired) electrons. The van der Waals surface area contributed by atoms with Crippen LogP contribution in [0, 0.1) is 0 Å². The van der Waals surface area contributed by atoms with E-state index in [0.29, 0.717) is 20.9 Å². The fraction of sp³-hybridized carbons (Fsp3) is 0.176. The van der Waals surface area contributed by atoms with Gasteiger partial charge >= 0.3 is 10.7 Å². The minimum Gasteiger partial charge on any atom is -0.541 e. The molecule has 0 N–H and O–H groups in total. The molecule has 132 valence electrons. The molecule has 0 spiro atoms. The number of carbonyl (C=O) groups excluding carboxylic acids is 1. The molecule has 0 saturated carbocycles. The minimum absolute atomic E-state index is 0.122. The predicted molar refractivity (Wildman–Crippen MR) is 97.6 cm³/mol. The van der Waals surface area contributed by atoms with Crippen molar-refractivity contribution in [1.29, 1.82) is 0 Å². The number of thioether (sulfide) groups is 1. The van der Waals surface area contributed by atoms with Gasteiger partial charge in [0.25, 0.3) is 0 Å². The number of hydrogen-bond acceptors (Lipinski definition) is 6. The van der Waals surface area contributed by atoms with Crippen LogP contribution >= 0.6 is 34.7 Å². The Morgan fingerprint density at radius 1 is 1.38 bits per heavy atom. The van der Waals surface area contributed by atoms with E-state index in [2.05, 4.69) is 4.98 Å². The number of carbonyl (C=O) groups is 1. The molecule has 9 heteroatoms. The zero-order chi connectivity index (χ0) is 18.4. The van der Waals surface area contributed by atoms with Crippen molar-refractivity contribution in [2.75, 3.05) is 5.75 Å². The van der Waals surface area contributed by atoms with E-state index >= 15 is 0 Å². The SMILES string of the molecule is C[n+]1c(C(=O)[O-])c(-c2ccccc2)c(=O)n2c1SC[C@@H]2c1cnc(Cl)s1. The van der Waals surface area contributed by atoms with E-state index in [9.17, 15) is 14.7 Å². The van der Waals surface area contributed by atoms with Gasteiger partial charge in [0.2, 0.25) is 0 Å². The molecule has 1 aromatic carbocycles. The maximum Gasteiger partial charge on any atom is 0.347 e. The van der Waals surface area contributed by atoms with Gasteiger partial charge in [-0.05, 0) is 17.3 Å². The van der Waals surface area contributed by atoms with Crippen LogP contribution in [0.15, 0.2) is 46.5 Å². The molecule has 3 heterocycles. The fourth-order valence-electron chi connectivity index (χ4n) is 3.13. The van der Waals surface area contributed by atoms with Crippen LogP contribution in [-0.2, 0) is 7.05 Å². The Morgan fingerprint density at radius 3 is 2.73 bits per heavy atom. The van der Waals surface area contributed by atoms with Gasteiger partial charge in [-0.1, -0.05) is 41.9 Å². The van der Waals surface area contributed by atoms with Crippen LogP contribution in [0.2, 0.25) is 4.47 Å². The molecule has 1 aliphatic heterocycles. The van der Waals surface area contributed by atoms with Crippen LogP contribution in [0.4, 0.5) is 0 Å². The van der Waals surface area contributed by atoms with E-state index < -0.39 is 5.97 Å². The molecule has 3 aromatic rings. The number of carboxylic acids is 1. The topological polar surface area (TPSA) is 78.9 Å². The second kappa shape index (κ2) is 6.53. The summed E-state index contributed by atoms with van der Waals surface area (Å²) in [6.07, 6.45) is 1.66. The molecule has 0 amide bonds. The van der Waals surface area contributed by atoms with Crippen molar-refractivity contribution in [2.24, 2.45) is 7.05 Å². The highest BCUT2D eigenvalue weighted by molar-refractivity contribution is 7.99. The number of aromatic nitrogens is 3. The Kier molecular flexibility index (Phi) is 4.34. The Labute approximate surface area is 161 Å². The number of thiazole rings is 1. The van der Waals surface area contributed by atoms with E-state index in [4.69, 9.17) is 11.6 Å². The van der Waals surface area contributed by atoms with Crippen LogP contribution < -0.4 is 15.2 Å². The highest BCUT2D eigenvalue weighted by Gasteiger charge is 2.39. The molecule has 2 aromatic heterocycles. The zero-order valence-electron chi connectivity index (χ0n) is 13.5. The molecule has 0 unspecified atom stereocenters. The molecule has 1 aliphatic rings. The smallest absolute Gasteiger partial charge is 0.347 e. The van der Waals surface area contributed by atoms with Gasteiger partial charge in [-0.3, -0.25) is 0 Å². The Hall–Kier alpha value is -2.16. The first-order valence-electron chi connectivity index (χ1n) is 7.68. The molecular weight excluding hydrogens is 394 g/mol. The van der Waals surface area contributed by atoms with Crippen LogP contribution in [0.3, 0.4) is 0 Å². The van der Waals surface area contributed by atoms with Crippen molar-refractivity contribution >= 4 is 40.7 Å². The quantitative estimate of drug-likeness (QED) is 0.487. The van der Waals surface area contributed by atoms with Gasteiger partial charge in [0.05, 0.1) is 17.7 Å². The summed E-state index contributed by atoms with van der Waals surface area (Å²) >= 11 is 8.70. The third-order valence-corrected chi connectivity index (χ3v) is 6.69. The fourth-order valence-corrected chi connectivity index (χ4v) is 5.56. The molecule has 6 nitrogen and oxygen atoms in total. The van der Waals surface area contributed by atoms with E-state index in [1.54, 1.807) is 42.1 Å². The monoisotopic (exact) mass is 405 g/mol. The lowest BCUT2D eigenvalue weighted by Crippen LogP contribution is -2.49. The average molecular weight is 406 g/mol. The number of nitrogens with zero attached hydrogens (tertiary/aromatic N) is 3. The average Bonchev–Trinajstić information content (AvgIpc) is 3.24. The molecule has 0 aliphatic carbocycles. The second-order valence-corrected chi connectivity index (χ2v) is 8.37. The zero-order valence-corrected chi connectivity index (χ0v) is 15.9. The maximum absolute atomic E-state index is 13.3. The first kappa shape index (κ1) is 17.3. The number of aromatic carboxylic acids is 1. The summed E-state index contributed by atoms with van der Waals surface area (Å²) in [5.41, 5.74) is 0.187. The maximum atomic E-state index is 13.3. The largest absolute Gasteiger partial charge is 0.541 e. The van der Waals surface area contributed by atoms with Gasteiger partial charge in [-0.25, -0.2) is 14.3 Å². The van der Waals surface area contributed by atoms with Crippen molar-refractivity contribution in [3.63, 3.8) is 0 Å². The lowest BCUT2D eigenvalue weighted by molar-refractivity contribution is -0.718. The second-order valence-electron chi connectivity index (χ2n) is 5.74. The molecule has 0 saturated heterocycles. The highest BCUT2D eigenvalue weighted by Crippen LogP contribution is 2.37. The van der Waals surface area contributed by atoms with E-state index in [1.165, 1.54) is 27.7 Å². The molecule has 0 fully saturated rings. The number of carboxylic acid groups (broad SMARTS) is 1. The first-order valence-corrected chi connectivity index (χ1v) is 9.86. The molecule has 0 bridgehead atoms. The van der Waals surface area contributed by atoms with Gasteiger partial charge in [0.15, 0.2) is 16.2 Å². The third-order valence-electron chi connectivity index (χ3n) is 4.26. The highest BCUT2D eigenvalue weighted by atomic mass is 35.5. The summed E-state index contributed by atoms with van der Waals surface area (Å²) < 4.78 is 3.56. The molecule has 26 heavy (non-hydrogen) atoms. The van der Waals surface area contributed by atoms with E-state index in [0.717, 1.165) is 4.88 Å². The van der Waals surface area contributed by atoms with Crippen molar-refractivity contribution < 1.29 is 14.5 Å². The van der Waals surface area contributed by atoms with Crippen molar-refractivity contribution in [2.45, 2.75) is 11.2 Å². The normalized spacial score (nSPS) is 15.8. The summed E-state index contributed by atoms with van der Waals surface area (Å²) in [4.78, 5) is 30.1. The first-order chi connectivity index (χ1) is 12.5. The van der Waals surface area contributed by atoms with Gasteiger partial charge < -0.3 is 9.90 Å². The van der Waals surface area contributed by atoms with Crippen molar-refractivity contribution in [1.82, 2.24) is 9.55 Å². The number of halogens is 1. The standard InChI is InChI=1S/C17H12ClN3O3S2/c1-20-13(15(23)24)12(9-5-3-2-4-6-9)14(22)21-10(8-25-17(20)21)11-7-19-16(18)26-11/h2-7,10H,8H2,1H3/t10-/m1/s1. The summed E-state index contributed by atoms with van der Waals surface area (Å²) in [5, 5.41) is 12.4. The van der Waals surface area contributed by atoms with Crippen LogP contribution in [0.25, 0.3) is 11.1 Å². The van der Waals surface area contributed by atoms with Crippen LogP contribution in [-0.4, -0.2) is 21.3 Å². The van der Waals surface area contributed by atoms with Gasteiger partial charge in [0, 0.05) is 6.20 Å². The van der Waals surface area contributed by atoms with Crippen molar-refractivity contribution in [3.8, 4) is 11.1 Å². The van der Waals surface area contributed by atoms with E-state index in [1.807, 2.05) is 6.07 Å². The molecule has 4 rings (SSSR count). The van der Waals surface area contributed by atoms with E-state index in [-0.39, 0.29) is 22.9 Å². The lowest BCUT2D eigenvalue weighted by atomic mass is 10.0. The Balaban J connectivity index is 2.03. The predicted octanol–water partition coefficient (Wildman–Crippen LogP) is 1.51. The van der Waals surface area contributed by atoms with Gasteiger partial charge in [-0.15, -0.1) is 11.3 Å². The van der Waals surface area contributed by atoms with Gasteiger partial charge in [-0.2, -0.15) is 4.57 Å². The minimum atomic E-state index is -1.38. The third kappa shape index (κ3) is 2.65. The molecular formula is C17H12ClN3O3S2. The number of benzene rings is 1. The molecule has 1 atom stereocenters. The summed E-state index contributed by atoms with van der Waals surface area (Å²) in [7, 11) is 1.64. The lowest BCUT2D eigenvalue weighted by Gasteiger charge is -2.14. The van der Waals surface area contributed by atoms with Crippen LogP contribution in [0.1, 0.15) is 21.4 Å². The number of hydrogen-bond donors (Lipinski definition) is 0. The van der Waals surface area contributed by atoms with Crippen LogP contribution in [0.5, 0.6) is 0 Å². The number of rotatable bonds is 3. The Bertz CT molecular complexity index is 1080. The summed E-state index contributed by atoms with van der Waals surface area (Å²) in [5.74, 6) is -0.775. The summed E-state index contributed by atoms with van der Waals surface area (Å²) in [6.45, 7) is 0. The Morgan fingerprint density at radius 2 is 2.12 bits per heavy atom.